The molecule has 5 heteroatoms. The predicted molar refractivity (Wildman–Crippen MR) is 131 cm³/mol. The predicted octanol–water partition coefficient (Wildman–Crippen LogP) is 5.84. The highest BCUT2D eigenvalue weighted by molar-refractivity contribution is 9.10. The summed E-state index contributed by atoms with van der Waals surface area (Å²) in [5, 5.41) is 2.96. The van der Waals surface area contributed by atoms with Gasteiger partial charge in [-0.15, -0.1) is 0 Å². The van der Waals surface area contributed by atoms with Gasteiger partial charge in [-0.05, 0) is 54.5 Å². The van der Waals surface area contributed by atoms with Gasteiger partial charge < -0.3 is 10.2 Å². The van der Waals surface area contributed by atoms with Crippen LogP contribution in [0.25, 0.3) is 0 Å². The van der Waals surface area contributed by atoms with Crippen LogP contribution in [0.5, 0.6) is 0 Å². The summed E-state index contributed by atoms with van der Waals surface area (Å²) in [6.45, 7) is 9.30. The Labute approximate surface area is 195 Å². The van der Waals surface area contributed by atoms with Gasteiger partial charge in [0.1, 0.15) is 6.04 Å². The molecule has 0 saturated carbocycles. The van der Waals surface area contributed by atoms with Gasteiger partial charge in [-0.1, -0.05) is 79.5 Å². The van der Waals surface area contributed by atoms with Gasteiger partial charge >= 0.3 is 0 Å². The fraction of sp³-hybridized carbons (Fsp3) is 0.462. The maximum absolute atomic E-state index is 13.2. The number of benzene rings is 2. The molecule has 0 aliphatic carbocycles. The highest BCUT2D eigenvalue weighted by atomic mass is 79.9. The molecule has 2 rings (SSSR count). The lowest BCUT2D eigenvalue weighted by Crippen LogP contribution is -2.47. The summed E-state index contributed by atoms with van der Waals surface area (Å²) in [6.07, 6.45) is 2.99. The number of halogens is 1. The largest absolute Gasteiger partial charge is 0.354 e. The molecule has 2 aromatic rings. The third kappa shape index (κ3) is 8.13. The number of carbonyl (C=O) groups is 2. The van der Waals surface area contributed by atoms with Crippen molar-refractivity contribution >= 4 is 27.7 Å². The highest BCUT2D eigenvalue weighted by Gasteiger charge is 2.25. The average molecular weight is 487 g/mol. The third-order valence-electron chi connectivity index (χ3n) is 5.51. The van der Waals surface area contributed by atoms with E-state index in [9.17, 15) is 9.59 Å². The number of amides is 2. The maximum Gasteiger partial charge on any atom is 0.242 e. The first-order chi connectivity index (χ1) is 14.8. The second-order valence-electron chi connectivity index (χ2n) is 8.37. The molecule has 0 saturated heterocycles. The summed E-state index contributed by atoms with van der Waals surface area (Å²) < 4.78 is 0.961. The first kappa shape index (κ1) is 25.1. The van der Waals surface area contributed by atoms with E-state index in [4.69, 9.17) is 0 Å². The summed E-state index contributed by atoms with van der Waals surface area (Å²) in [6, 6.07) is 15.8. The van der Waals surface area contributed by atoms with Crippen LogP contribution in [0.1, 0.15) is 69.6 Å². The van der Waals surface area contributed by atoms with E-state index in [2.05, 4.69) is 66.3 Å². The molecule has 168 valence electrons. The fourth-order valence-corrected chi connectivity index (χ4v) is 3.86. The zero-order chi connectivity index (χ0) is 22.8. The molecule has 0 spiro atoms. The van der Waals surface area contributed by atoms with E-state index in [1.54, 1.807) is 4.90 Å². The van der Waals surface area contributed by atoms with Crippen LogP contribution in [0.4, 0.5) is 0 Å². The van der Waals surface area contributed by atoms with Gasteiger partial charge in [0.25, 0.3) is 0 Å². The van der Waals surface area contributed by atoms with Gasteiger partial charge in [0.2, 0.25) is 11.8 Å². The first-order valence-electron chi connectivity index (χ1n) is 11.2. The minimum Gasteiger partial charge on any atom is -0.354 e. The van der Waals surface area contributed by atoms with Crippen molar-refractivity contribution in [1.29, 1.82) is 0 Å². The molecule has 2 amide bonds. The zero-order valence-corrected chi connectivity index (χ0v) is 20.7. The lowest BCUT2D eigenvalue weighted by molar-refractivity contribution is -0.140. The maximum atomic E-state index is 13.2. The Balaban J connectivity index is 2.09. The SMILES string of the molecule is CCCCNC(=O)[C@@H](C)N(Cc1cccc(Br)c1)C(=O)CCc1ccc(C(C)C)cc1. The van der Waals surface area contributed by atoms with Gasteiger partial charge in [0, 0.05) is 24.0 Å². The topological polar surface area (TPSA) is 49.4 Å². The molecule has 0 unspecified atom stereocenters. The van der Waals surface area contributed by atoms with Gasteiger partial charge in [-0.2, -0.15) is 0 Å². The fourth-order valence-electron chi connectivity index (χ4n) is 3.41. The molecule has 0 aliphatic heterocycles. The second kappa shape index (κ2) is 12.7. The van der Waals surface area contributed by atoms with Crippen LogP contribution in [0.15, 0.2) is 53.0 Å². The summed E-state index contributed by atoms with van der Waals surface area (Å²) in [7, 11) is 0. The lowest BCUT2D eigenvalue weighted by atomic mass is 10.00. The van der Waals surface area contributed by atoms with Gasteiger partial charge in [-0.25, -0.2) is 0 Å². The number of nitrogens with one attached hydrogen (secondary N) is 1. The molecule has 0 radical (unpaired) electrons. The molecule has 4 nitrogen and oxygen atoms in total. The quantitative estimate of drug-likeness (QED) is 0.405. The normalized spacial score (nSPS) is 11.9. The molecular weight excluding hydrogens is 452 g/mol. The van der Waals surface area contributed by atoms with Crippen molar-refractivity contribution in [2.75, 3.05) is 6.54 Å². The van der Waals surface area contributed by atoms with Crippen molar-refractivity contribution in [3.63, 3.8) is 0 Å². The van der Waals surface area contributed by atoms with Crippen molar-refractivity contribution in [3.8, 4) is 0 Å². The number of nitrogens with zero attached hydrogens (tertiary/aromatic N) is 1. The van der Waals surface area contributed by atoms with E-state index < -0.39 is 6.04 Å². The van der Waals surface area contributed by atoms with Crippen LogP contribution in [-0.4, -0.2) is 29.3 Å². The molecule has 1 N–H and O–H groups in total. The Hall–Kier alpha value is -2.14. The van der Waals surface area contributed by atoms with Gasteiger partial charge in [-0.3, -0.25) is 9.59 Å². The van der Waals surface area contributed by atoms with Crippen molar-refractivity contribution < 1.29 is 9.59 Å². The summed E-state index contributed by atoms with van der Waals surface area (Å²) in [5.74, 6) is 0.382. The Bertz CT molecular complexity index is 849. The average Bonchev–Trinajstić information content (AvgIpc) is 2.75. The second-order valence-corrected chi connectivity index (χ2v) is 9.28. The van der Waals surface area contributed by atoms with E-state index in [1.165, 1.54) is 5.56 Å². The molecule has 31 heavy (non-hydrogen) atoms. The van der Waals surface area contributed by atoms with E-state index in [1.807, 2.05) is 31.2 Å². The van der Waals surface area contributed by atoms with E-state index in [0.29, 0.717) is 31.8 Å². The van der Waals surface area contributed by atoms with Crippen molar-refractivity contribution in [3.05, 3.63) is 69.7 Å². The summed E-state index contributed by atoms with van der Waals surface area (Å²) >= 11 is 3.49. The Kier molecular flexibility index (Phi) is 10.3. The molecule has 0 aliphatic rings. The molecule has 0 aromatic heterocycles. The van der Waals surface area contributed by atoms with Crippen LogP contribution in [0.3, 0.4) is 0 Å². The minimum absolute atomic E-state index is 0.00828. The number of rotatable bonds is 11. The Morgan fingerprint density at radius 1 is 1.03 bits per heavy atom. The molecule has 0 fully saturated rings. The standard InChI is InChI=1S/C26H35BrN2O2/c1-5-6-16-28-26(31)20(4)29(18-22-8-7-9-24(27)17-22)25(30)15-12-21-10-13-23(14-11-21)19(2)3/h7-11,13-14,17,19-20H,5-6,12,15-16,18H2,1-4H3,(H,28,31)/t20-/m1/s1. The van der Waals surface area contributed by atoms with Crippen LogP contribution < -0.4 is 5.32 Å². The van der Waals surface area contributed by atoms with E-state index in [0.717, 1.165) is 28.4 Å². The lowest BCUT2D eigenvalue weighted by Gasteiger charge is -2.29. The third-order valence-corrected chi connectivity index (χ3v) is 6.01. The van der Waals surface area contributed by atoms with Crippen LogP contribution in [-0.2, 0) is 22.6 Å². The molecule has 2 aromatic carbocycles. The van der Waals surface area contributed by atoms with Crippen molar-refractivity contribution in [2.45, 2.75) is 71.9 Å². The first-order valence-corrected chi connectivity index (χ1v) is 12.0. The highest BCUT2D eigenvalue weighted by Crippen LogP contribution is 2.18. The van der Waals surface area contributed by atoms with Crippen LogP contribution in [0.2, 0.25) is 0 Å². The molecule has 1 atom stereocenters. The van der Waals surface area contributed by atoms with Crippen molar-refractivity contribution in [1.82, 2.24) is 10.2 Å². The minimum atomic E-state index is -0.522. The van der Waals surface area contributed by atoms with E-state index >= 15 is 0 Å². The summed E-state index contributed by atoms with van der Waals surface area (Å²) in [4.78, 5) is 27.6. The number of carbonyl (C=O) groups excluding carboxylic acids is 2. The van der Waals surface area contributed by atoms with Gasteiger partial charge in [0.05, 0.1) is 0 Å². The van der Waals surface area contributed by atoms with Crippen LogP contribution >= 0.6 is 15.9 Å². The Morgan fingerprint density at radius 2 is 1.74 bits per heavy atom. The van der Waals surface area contributed by atoms with E-state index in [-0.39, 0.29) is 11.8 Å². The number of aryl methyl sites for hydroxylation is 1. The van der Waals surface area contributed by atoms with Gasteiger partial charge in [0.15, 0.2) is 0 Å². The molecular formula is C26H35BrN2O2. The number of hydrogen-bond acceptors (Lipinski definition) is 2. The summed E-state index contributed by atoms with van der Waals surface area (Å²) in [5.41, 5.74) is 3.43. The number of unbranched alkanes of at least 4 members (excludes halogenated alkanes) is 1. The monoisotopic (exact) mass is 486 g/mol. The molecule has 0 bridgehead atoms. The van der Waals surface area contributed by atoms with Crippen LogP contribution in [0, 0.1) is 0 Å². The van der Waals surface area contributed by atoms with Crippen molar-refractivity contribution in [2.24, 2.45) is 0 Å². The Morgan fingerprint density at radius 3 is 2.35 bits per heavy atom. The zero-order valence-electron chi connectivity index (χ0n) is 19.2. The number of hydrogen-bond donors (Lipinski definition) is 1. The molecule has 0 heterocycles. The smallest absolute Gasteiger partial charge is 0.242 e.